The van der Waals surface area contributed by atoms with E-state index in [4.69, 9.17) is 0 Å². The SMILES string of the molecule is COC(=O)C(=C(C)C)N(Cc1ccccc1NC(C)=O)S(=O)O. The molecule has 1 unspecified atom stereocenters. The molecule has 8 heteroatoms. The van der Waals surface area contributed by atoms with Crippen LogP contribution in [-0.2, 0) is 32.1 Å². The molecule has 23 heavy (non-hydrogen) atoms. The van der Waals surface area contributed by atoms with Crippen LogP contribution in [0.5, 0.6) is 0 Å². The lowest BCUT2D eigenvalue weighted by molar-refractivity contribution is -0.137. The lowest BCUT2D eigenvalue weighted by Crippen LogP contribution is -2.31. The van der Waals surface area contributed by atoms with Gasteiger partial charge in [0.05, 0.1) is 13.7 Å². The maximum atomic E-state index is 11.9. The van der Waals surface area contributed by atoms with E-state index in [-0.39, 0.29) is 18.1 Å². The van der Waals surface area contributed by atoms with E-state index in [9.17, 15) is 18.4 Å². The first-order chi connectivity index (χ1) is 10.8. The predicted molar refractivity (Wildman–Crippen MR) is 87.4 cm³/mol. The average Bonchev–Trinajstić information content (AvgIpc) is 2.46. The fourth-order valence-electron chi connectivity index (χ4n) is 1.99. The first-order valence-electron chi connectivity index (χ1n) is 6.77. The van der Waals surface area contributed by atoms with Gasteiger partial charge in [0.15, 0.2) is 0 Å². The van der Waals surface area contributed by atoms with Crippen molar-refractivity contribution in [1.82, 2.24) is 4.31 Å². The minimum Gasteiger partial charge on any atom is -0.464 e. The number of anilines is 1. The number of carbonyl (C=O) groups excluding carboxylic acids is 2. The Morgan fingerprint density at radius 3 is 2.35 bits per heavy atom. The summed E-state index contributed by atoms with van der Waals surface area (Å²) in [4.78, 5) is 23.2. The minimum atomic E-state index is -2.44. The summed E-state index contributed by atoms with van der Waals surface area (Å²) in [6.07, 6.45) is 0. The van der Waals surface area contributed by atoms with E-state index in [1.807, 2.05) is 0 Å². The molecule has 0 fully saturated rings. The van der Waals surface area contributed by atoms with Gasteiger partial charge in [-0.25, -0.2) is 9.00 Å². The highest BCUT2D eigenvalue weighted by Crippen LogP contribution is 2.22. The number of hydrogen-bond acceptors (Lipinski definition) is 4. The van der Waals surface area contributed by atoms with Crippen LogP contribution in [0.15, 0.2) is 35.5 Å². The number of benzene rings is 1. The summed E-state index contributed by atoms with van der Waals surface area (Å²) >= 11 is -2.44. The Balaban J connectivity index is 3.25. The van der Waals surface area contributed by atoms with Crippen molar-refractivity contribution in [3.05, 3.63) is 41.1 Å². The van der Waals surface area contributed by atoms with E-state index >= 15 is 0 Å². The molecular formula is C15H20N2O5S. The fourth-order valence-corrected chi connectivity index (χ4v) is 2.65. The van der Waals surface area contributed by atoms with Gasteiger partial charge in [0.1, 0.15) is 5.70 Å². The van der Waals surface area contributed by atoms with Crippen LogP contribution in [0.4, 0.5) is 5.69 Å². The Hall–Kier alpha value is -2.19. The molecule has 126 valence electrons. The number of amides is 1. The summed E-state index contributed by atoms with van der Waals surface area (Å²) < 4.78 is 27.0. The van der Waals surface area contributed by atoms with Gasteiger partial charge < -0.3 is 10.1 Å². The molecule has 1 atom stereocenters. The topological polar surface area (TPSA) is 95.9 Å². The number of methoxy groups -OCH3 is 1. The van der Waals surface area contributed by atoms with Gasteiger partial charge in [-0.15, -0.1) is 0 Å². The summed E-state index contributed by atoms with van der Waals surface area (Å²) in [5.41, 5.74) is 1.64. The second-order valence-electron chi connectivity index (χ2n) is 4.95. The third kappa shape index (κ3) is 5.19. The molecule has 0 heterocycles. The number of nitrogens with one attached hydrogen (secondary N) is 1. The van der Waals surface area contributed by atoms with Crippen LogP contribution in [0, 0.1) is 0 Å². The highest BCUT2D eigenvalue weighted by molar-refractivity contribution is 7.76. The monoisotopic (exact) mass is 340 g/mol. The molecule has 1 aromatic carbocycles. The zero-order valence-corrected chi connectivity index (χ0v) is 14.3. The van der Waals surface area contributed by atoms with E-state index < -0.39 is 17.2 Å². The van der Waals surface area contributed by atoms with Crippen LogP contribution in [-0.4, -0.2) is 32.1 Å². The first kappa shape index (κ1) is 18.9. The molecule has 0 aliphatic rings. The van der Waals surface area contributed by atoms with Crippen molar-refractivity contribution in [3.8, 4) is 0 Å². The van der Waals surface area contributed by atoms with E-state index in [1.165, 1.54) is 14.0 Å². The second kappa shape index (κ2) is 8.44. The van der Waals surface area contributed by atoms with E-state index in [2.05, 4.69) is 10.1 Å². The molecule has 0 aliphatic carbocycles. The van der Waals surface area contributed by atoms with E-state index in [1.54, 1.807) is 38.1 Å². The van der Waals surface area contributed by atoms with E-state index in [0.29, 0.717) is 16.8 Å². The molecule has 0 aliphatic heterocycles. The number of rotatable bonds is 6. The second-order valence-corrected chi connectivity index (χ2v) is 5.85. The molecule has 1 aromatic rings. The standard InChI is InChI=1S/C15H20N2O5S/c1-10(2)14(15(19)22-4)17(23(20)21)9-12-7-5-6-8-13(12)16-11(3)18/h5-8H,9H2,1-4H3,(H,16,18)(H,20,21). The largest absolute Gasteiger partial charge is 0.464 e. The lowest BCUT2D eigenvalue weighted by atomic mass is 10.1. The van der Waals surface area contributed by atoms with Crippen molar-refractivity contribution >= 4 is 28.8 Å². The molecule has 0 bridgehead atoms. The summed E-state index contributed by atoms with van der Waals surface area (Å²) in [5.74, 6) is -0.964. The molecule has 1 rings (SSSR count). The summed E-state index contributed by atoms with van der Waals surface area (Å²) in [6, 6.07) is 6.84. The van der Waals surface area contributed by atoms with Crippen molar-refractivity contribution in [2.45, 2.75) is 27.3 Å². The smallest absolute Gasteiger partial charge is 0.355 e. The molecular weight excluding hydrogens is 320 g/mol. The first-order valence-corrected chi connectivity index (χ1v) is 7.84. The van der Waals surface area contributed by atoms with Gasteiger partial charge in [-0.3, -0.25) is 13.7 Å². The van der Waals surface area contributed by atoms with Crippen molar-refractivity contribution < 1.29 is 23.1 Å². The Morgan fingerprint density at radius 1 is 1.26 bits per heavy atom. The molecule has 0 radical (unpaired) electrons. The molecule has 7 nitrogen and oxygen atoms in total. The van der Waals surface area contributed by atoms with Gasteiger partial charge in [-0.05, 0) is 31.1 Å². The zero-order valence-electron chi connectivity index (χ0n) is 13.5. The third-order valence-corrected chi connectivity index (χ3v) is 3.62. The van der Waals surface area contributed by atoms with Crippen LogP contribution in [0.3, 0.4) is 0 Å². The van der Waals surface area contributed by atoms with Crippen LogP contribution in [0.2, 0.25) is 0 Å². The number of hydrogen-bond donors (Lipinski definition) is 2. The number of carbonyl (C=O) groups is 2. The Morgan fingerprint density at radius 2 is 1.87 bits per heavy atom. The van der Waals surface area contributed by atoms with Gasteiger partial charge in [-0.2, -0.15) is 0 Å². The van der Waals surface area contributed by atoms with Gasteiger partial charge in [0, 0.05) is 12.6 Å². The van der Waals surface area contributed by atoms with Crippen LogP contribution in [0.1, 0.15) is 26.3 Å². The highest BCUT2D eigenvalue weighted by atomic mass is 32.2. The van der Waals surface area contributed by atoms with Crippen molar-refractivity contribution in [2.24, 2.45) is 0 Å². The van der Waals surface area contributed by atoms with Crippen molar-refractivity contribution in [1.29, 1.82) is 0 Å². The maximum Gasteiger partial charge on any atom is 0.355 e. The lowest BCUT2D eigenvalue weighted by Gasteiger charge is -2.23. The number of para-hydroxylation sites is 1. The number of allylic oxidation sites excluding steroid dienone is 1. The zero-order chi connectivity index (χ0) is 17.6. The number of esters is 1. The van der Waals surface area contributed by atoms with Crippen molar-refractivity contribution in [2.75, 3.05) is 12.4 Å². The minimum absolute atomic E-state index is 0.00552. The highest BCUT2D eigenvalue weighted by Gasteiger charge is 2.25. The van der Waals surface area contributed by atoms with Crippen molar-refractivity contribution in [3.63, 3.8) is 0 Å². The van der Waals surface area contributed by atoms with Gasteiger partial charge in [-0.1, -0.05) is 18.2 Å². The van der Waals surface area contributed by atoms with Crippen LogP contribution in [0.25, 0.3) is 0 Å². The summed E-state index contributed by atoms with van der Waals surface area (Å²) in [5, 5.41) is 2.65. The Bertz CT molecular complexity index is 653. The molecule has 1 amide bonds. The number of ether oxygens (including phenoxy) is 1. The Labute approximate surface area is 137 Å². The Kier molecular flexibility index (Phi) is 6.92. The number of nitrogens with zero attached hydrogens (tertiary/aromatic N) is 1. The van der Waals surface area contributed by atoms with E-state index in [0.717, 1.165) is 4.31 Å². The van der Waals surface area contributed by atoms with Crippen LogP contribution >= 0.6 is 0 Å². The maximum absolute atomic E-state index is 11.9. The van der Waals surface area contributed by atoms with Gasteiger partial charge >= 0.3 is 5.97 Å². The molecule has 0 aromatic heterocycles. The molecule has 0 saturated carbocycles. The summed E-state index contributed by atoms with van der Waals surface area (Å²) in [6.45, 7) is 4.61. The van der Waals surface area contributed by atoms with Gasteiger partial charge in [0.25, 0.3) is 11.3 Å². The van der Waals surface area contributed by atoms with Gasteiger partial charge in [0.2, 0.25) is 5.91 Å². The molecule has 0 spiro atoms. The molecule has 0 saturated heterocycles. The average molecular weight is 340 g/mol. The third-order valence-electron chi connectivity index (χ3n) is 2.93. The normalized spacial score (nSPS) is 11.3. The molecule has 2 N–H and O–H groups in total. The quantitative estimate of drug-likeness (QED) is 0.469. The van der Waals surface area contributed by atoms with Crippen LogP contribution < -0.4 is 5.32 Å². The predicted octanol–water partition coefficient (Wildman–Crippen LogP) is 2.05. The fraction of sp³-hybridized carbons (Fsp3) is 0.333. The summed E-state index contributed by atoms with van der Waals surface area (Å²) in [7, 11) is 1.20.